The van der Waals surface area contributed by atoms with E-state index in [9.17, 15) is 8.63 Å². The van der Waals surface area contributed by atoms with Gasteiger partial charge in [-0.2, -0.15) is 0 Å². The maximum atomic E-state index is 11.9. The van der Waals surface area contributed by atoms with Gasteiger partial charge >= 0.3 is 7.27 Å². The third-order valence-corrected chi connectivity index (χ3v) is 2.23. The third kappa shape index (κ3) is 3.15. The van der Waals surface area contributed by atoms with E-state index in [1.165, 1.54) is 6.08 Å². The number of aryl methyl sites for hydroxylation is 1. The van der Waals surface area contributed by atoms with E-state index in [1.807, 2.05) is 19.1 Å². The van der Waals surface area contributed by atoms with Crippen molar-refractivity contribution >= 4 is 24.9 Å². The fourth-order valence-electron chi connectivity index (χ4n) is 1.12. The van der Waals surface area contributed by atoms with Crippen molar-refractivity contribution in [3.63, 3.8) is 0 Å². The lowest BCUT2D eigenvalue weighted by Gasteiger charge is -2.01. The Kier molecular flexibility index (Phi) is 4.14. The van der Waals surface area contributed by atoms with Gasteiger partial charge in [-0.15, -0.1) is 0 Å². The summed E-state index contributed by atoms with van der Waals surface area (Å²) in [6.07, 6.45) is 2.22. The summed E-state index contributed by atoms with van der Waals surface area (Å²) >= 11 is 5.84. The van der Waals surface area contributed by atoms with Gasteiger partial charge in [0.15, 0.2) is 0 Å². The van der Waals surface area contributed by atoms with Gasteiger partial charge in [0.2, 0.25) is 0 Å². The van der Waals surface area contributed by atoms with Crippen molar-refractivity contribution in [1.29, 1.82) is 0 Å². The van der Waals surface area contributed by atoms with Crippen LogP contribution in [0.1, 0.15) is 18.1 Å². The summed E-state index contributed by atoms with van der Waals surface area (Å²) in [6, 6.07) is 5.44. The van der Waals surface area contributed by atoms with Crippen molar-refractivity contribution in [1.82, 2.24) is 0 Å². The molecule has 0 heterocycles. The summed E-state index contributed by atoms with van der Waals surface area (Å²) in [4.78, 5) is 0. The average Bonchev–Trinajstić information content (AvgIpc) is 2.16. The maximum absolute atomic E-state index is 11.9. The molecule has 0 unspecified atom stereocenters. The number of hydrogen-bond donors (Lipinski definition) is 0. The van der Waals surface area contributed by atoms with Crippen molar-refractivity contribution < 1.29 is 8.63 Å². The molecular weight excluding hydrogens is 204 g/mol. The Morgan fingerprint density at radius 3 is 2.71 bits per heavy atom. The Morgan fingerprint density at radius 2 is 2.14 bits per heavy atom. The van der Waals surface area contributed by atoms with Gasteiger partial charge in [0.25, 0.3) is 0 Å². The molecule has 0 atom stereocenters. The molecule has 0 aliphatic rings. The van der Waals surface area contributed by atoms with Crippen LogP contribution in [0.15, 0.2) is 24.2 Å². The first-order valence-corrected chi connectivity index (χ1v) is 4.76. The van der Waals surface area contributed by atoms with Crippen LogP contribution in [0.4, 0.5) is 8.63 Å². The van der Waals surface area contributed by atoms with Gasteiger partial charge in [-0.05, 0) is 29.6 Å². The minimum absolute atomic E-state index is 0.499. The Bertz CT molecular complexity index is 337. The fourth-order valence-corrected chi connectivity index (χ4v) is 1.30. The first kappa shape index (κ1) is 11.3. The number of rotatable bonds is 3. The molecule has 14 heavy (non-hydrogen) atoms. The molecule has 1 aromatic rings. The third-order valence-electron chi connectivity index (χ3n) is 1.89. The number of hydrogen-bond acceptors (Lipinski definition) is 0. The minimum Gasteiger partial charge on any atom is -0.282 e. The molecule has 0 saturated carbocycles. The van der Waals surface area contributed by atoms with E-state index in [4.69, 9.17) is 11.6 Å². The molecule has 1 rings (SSSR count). The van der Waals surface area contributed by atoms with E-state index in [0.29, 0.717) is 10.6 Å². The largest absolute Gasteiger partial charge is 0.564 e. The second kappa shape index (κ2) is 5.15. The second-order valence-corrected chi connectivity index (χ2v) is 3.31. The van der Waals surface area contributed by atoms with Gasteiger partial charge in [0, 0.05) is 5.02 Å². The monoisotopic (exact) mass is 214 g/mol. The highest BCUT2D eigenvalue weighted by molar-refractivity contribution is 6.50. The zero-order chi connectivity index (χ0) is 10.6. The molecule has 0 bridgehead atoms. The molecule has 4 heteroatoms. The Labute approximate surface area is 87.8 Å². The lowest BCUT2D eigenvalue weighted by molar-refractivity contribution is 0.683. The Hall–Kier alpha value is -0.825. The predicted octanol–water partition coefficient (Wildman–Crippen LogP) is 3.88. The highest BCUT2D eigenvalue weighted by atomic mass is 35.5. The molecular formula is C10H10BClF2. The molecule has 0 N–H and O–H groups in total. The molecule has 0 saturated heterocycles. The molecule has 0 fully saturated rings. The second-order valence-electron chi connectivity index (χ2n) is 2.90. The van der Waals surface area contributed by atoms with Crippen LogP contribution in [0.25, 0.3) is 6.08 Å². The molecule has 74 valence electrons. The molecule has 0 amide bonds. The van der Waals surface area contributed by atoms with Crippen molar-refractivity contribution in [3.8, 4) is 0 Å². The first-order valence-electron chi connectivity index (χ1n) is 4.38. The Balaban J connectivity index is 2.94. The van der Waals surface area contributed by atoms with Crippen LogP contribution < -0.4 is 0 Å². The first-order chi connectivity index (χ1) is 6.63. The van der Waals surface area contributed by atoms with Crippen molar-refractivity contribution in [3.05, 3.63) is 40.3 Å². The van der Waals surface area contributed by atoms with E-state index in [0.717, 1.165) is 18.0 Å². The van der Waals surface area contributed by atoms with Gasteiger partial charge in [-0.1, -0.05) is 36.7 Å². The van der Waals surface area contributed by atoms with Crippen LogP contribution in [0.3, 0.4) is 0 Å². The van der Waals surface area contributed by atoms with E-state index in [2.05, 4.69) is 0 Å². The standard InChI is InChI=1S/C10H10BClF2/c1-2-8-3-4-10(12)9(7-8)5-6-11(13)14/h3-7H,2H2,1H3/b6-5+. The summed E-state index contributed by atoms with van der Waals surface area (Å²) in [5.41, 5.74) is 1.73. The molecule has 0 radical (unpaired) electrons. The van der Waals surface area contributed by atoms with Crippen molar-refractivity contribution in [2.45, 2.75) is 13.3 Å². The molecule has 0 nitrogen and oxygen atoms in total. The quantitative estimate of drug-likeness (QED) is 0.670. The van der Waals surface area contributed by atoms with Crippen LogP contribution in [-0.2, 0) is 6.42 Å². The van der Waals surface area contributed by atoms with Crippen molar-refractivity contribution in [2.24, 2.45) is 0 Å². The van der Waals surface area contributed by atoms with Crippen LogP contribution in [0.2, 0.25) is 5.02 Å². The fraction of sp³-hybridized carbons (Fsp3) is 0.200. The Morgan fingerprint density at radius 1 is 1.43 bits per heavy atom. The van der Waals surface area contributed by atoms with E-state index < -0.39 is 7.27 Å². The lowest BCUT2D eigenvalue weighted by atomic mass is 9.97. The summed E-state index contributed by atoms with van der Waals surface area (Å²) in [5, 5.41) is 0.499. The summed E-state index contributed by atoms with van der Waals surface area (Å²) < 4.78 is 23.8. The highest BCUT2D eigenvalue weighted by Crippen LogP contribution is 2.19. The summed E-state index contributed by atoms with van der Waals surface area (Å²) in [7, 11) is -2.43. The zero-order valence-corrected chi connectivity index (χ0v) is 8.56. The van der Waals surface area contributed by atoms with Gasteiger partial charge in [0.1, 0.15) is 0 Å². The smallest absolute Gasteiger partial charge is 0.282 e. The van der Waals surface area contributed by atoms with Gasteiger partial charge in [-0.3, -0.25) is 8.63 Å². The van der Waals surface area contributed by atoms with E-state index >= 15 is 0 Å². The summed E-state index contributed by atoms with van der Waals surface area (Å²) in [5.74, 6) is 0.834. The molecule has 0 aliphatic carbocycles. The van der Waals surface area contributed by atoms with E-state index in [1.54, 1.807) is 6.07 Å². The van der Waals surface area contributed by atoms with Gasteiger partial charge in [-0.25, -0.2) is 0 Å². The topological polar surface area (TPSA) is 0 Å². The summed E-state index contributed by atoms with van der Waals surface area (Å²) in [6.45, 7) is 2.00. The molecule has 0 aromatic heterocycles. The number of halogens is 3. The molecule has 1 aromatic carbocycles. The molecule has 0 spiro atoms. The maximum Gasteiger partial charge on any atom is 0.564 e. The highest BCUT2D eigenvalue weighted by Gasteiger charge is 2.05. The van der Waals surface area contributed by atoms with E-state index in [-0.39, 0.29) is 0 Å². The normalized spacial score (nSPS) is 10.9. The van der Waals surface area contributed by atoms with Gasteiger partial charge < -0.3 is 0 Å². The van der Waals surface area contributed by atoms with Crippen LogP contribution in [-0.4, -0.2) is 7.27 Å². The predicted molar refractivity (Wildman–Crippen MR) is 57.8 cm³/mol. The van der Waals surface area contributed by atoms with Crippen LogP contribution in [0.5, 0.6) is 0 Å². The minimum atomic E-state index is -2.43. The zero-order valence-electron chi connectivity index (χ0n) is 7.81. The van der Waals surface area contributed by atoms with Crippen LogP contribution in [0, 0.1) is 0 Å². The van der Waals surface area contributed by atoms with Crippen molar-refractivity contribution in [2.75, 3.05) is 0 Å². The SMILES string of the molecule is CCc1ccc(Cl)c(/C=C/B(F)F)c1. The lowest BCUT2D eigenvalue weighted by Crippen LogP contribution is -1.89. The van der Waals surface area contributed by atoms with Crippen LogP contribution >= 0.6 is 11.6 Å². The molecule has 0 aliphatic heterocycles. The number of benzene rings is 1. The van der Waals surface area contributed by atoms with Gasteiger partial charge in [0.05, 0.1) is 0 Å². The average molecular weight is 214 g/mol.